The van der Waals surface area contributed by atoms with Gasteiger partial charge in [0.25, 0.3) is 5.56 Å². The van der Waals surface area contributed by atoms with Gasteiger partial charge < -0.3 is 9.15 Å². The molecule has 4 rings (SSSR count). The molecule has 0 atom stereocenters. The van der Waals surface area contributed by atoms with Gasteiger partial charge >= 0.3 is 0 Å². The van der Waals surface area contributed by atoms with Crippen molar-refractivity contribution in [2.24, 2.45) is 0 Å². The van der Waals surface area contributed by atoms with E-state index in [0.29, 0.717) is 34.8 Å². The van der Waals surface area contributed by atoms with Gasteiger partial charge in [0.1, 0.15) is 5.75 Å². The second kappa shape index (κ2) is 6.28. The molecule has 0 bridgehead atoms. The van der Waals surface area contributed by atoms with Gasteiger partial charge in [0.15, 0.2) is 11.6 Å². The second-order valence-electron chi connectivity index (χ2n) is 5.50. The van der Waals surface area contributed by atoms with Crippen LogP contribution in [0.2, 0.25) is 0 Å². The van der Waals surface area contributed by atoms with Crippen molar-refractivity contribution < 1.29 is 9.15 Å². The zero-order chi connectivity index (χ0) is 17.2. The maximum absolute atomic E-state index is 13.1. The average molecular weight is 332 g/mol. The number of nitrogens with zero attached hydrogens (tertiary/aromatic N) is 2. The van der Waals surface area contributed by atoms with Crippen molar-refractivity contribution in [3.8, 4) is 23.0 Å². The molecule has 0 radical (unpaired) electrons. The Bertz CT molecular complexity index is 1060. The molecule has 0 aliphatic rings. The molecule has 4 aromatic rings. The van der Waals surface area contributed by atoms with E-state index in [2.05, 4.69) is 4.98 Å². The summed E-state index contributed by atoms with van der Waals surface area (Å²) < 4.78 is 12.5. The van der Waals surface area contributed by atoms with Crippen LogP contribution in [0.5, 0.6) is 5.75 Å². The van der Waals surface area contributed by atoms with Crippen molar-refractivity contribution in [2.45, 2.75) is 6.92 Å². The first-order valence-corrected chi connectivity index (χ1v) is 8.07. The molecule has 0 fully saturated rings. The maximum atomic E-state index is 13.1. The Morgan fingerprint density at radius 1 is 1.04 bits per heavy atom. The molecule has 0 saturated heterocycles. The van der Waals surface area contributed by atoms with Crippen LogP contribution in [0, 0.1) is 0 Å². The summed E-state index contributed by atoms with van der Waals surface area (Å²) in [5, 5.41) is 0.562. The number of rotatable bonds is 4. The number of hydrogen-bond acceptors (Lipinski definition) is 4. The molecule has 0 amide bonds. The third-order valence-electron chi connectivity index (χ3n) is 3.92. The Kier molecular flexibility index (Phi) is 3.82. The summed E-state index contributed by atoms with van der Waals surface area (Å²) in [5.74, 6) is 1.77. The molecule has 0 unspecified atom stereocenters. The summed E-state index contributed by atoms with van der Waals surface area (Å²) >= 11 is 0. The van der Waals surface area contributed by atoms with Crippen LogP contribution in [0.1, 0.15) is 6.92 Å². The summed E-state index contributed by atoms with van der Waals surface area (Å²) in [4.78, 5) is 17.8. The van der Waals surface area contributed by atoms with Gasteiger partial charge in [0, 0.05) is 0 Å². The Hall–Kier alpha value is -3.34. The Morgan fingerprint density at radius 3 is 2.56 bits per heavy atom. The van der Waals surface area contributed by atoms with E-state index in [1.165, 1.54) is 0 Å². The van der Waals surface area contributed by atoms with Gasteiger partial charge in [0.05, 0.1) is 29.5 Å². The highest BCUT2D eigenvalue weighted by molar-refractivity contribution is 5.80. The minimum atomic E-state index is -0.138. The zero-order valence-electron chi connectivity index (χ0n) is 13.7. The summed E-state index contributed by atoms with van der Waals surface area (Å²) in [5.41, 5.74) is 1.21. The van der Waals surface area contributed by atoms with Crippen molar-refractivity contribution in [2.75, 3.05) is 6.61 Å². The molecule has 0 aliphatic heterocycles. The van der Waals surface area contributed by atoms with Crippen LogP contribution >= 0.6 is 0 Å². The van der Waals surface area contributed by atoms with Crippen LogP contribution in [0.25, 0.3) is 28.2 Å². The van der Waals surface area contributed by atoms with Crippen molar-refractivity contribution >= 4 is 10.9 Å². The normalized spacial score (nSPS) is 10.9. The highest BCUT2D eigenvalue weighted by Gasteiger charge is 2.16. The van der Waals surface area contributed by atoms with Gasteiger partial charge in [-0.3, -0.25) is 9.36 Å². The summed E-state index contributed by atoms with van der Waals surface area (Å²) in [6, 6.07) is 18.2. The van der Waals surface area contributed by atoms with E-state index in [-0.39, 0.29) is 5.56 Å². The van der Waals surface area contributed by atoms with E-state index in [9.17, 15) is 4.79 Å². The summed E-state index contributed by atoms with van der Waals surface area (Å²) in [6.07, 6.45) is 1.57. The standard InChI is InChI=1S/C20H16N2O3/c1-2-24-15-11-9-14(10-12-15)22-19(18-8-5-13-25-18)21-17-7-4-3-6-16(17)20(22)23/h3-13H,2H2,1H3. The topological polar surface area (TPSA) is 57.3 Å². The number of furan rings is 1. The first kappa shape index (κ1) is 15.2. The number of para-hydroxylation sites is 1. The van der Waals surface area contributed by atoms with Gasteiger partial charge in [-0.05, 0) is 55.5 Å². The molecular weight excluding hydrogens is 316 g/mol. The fraction of sp³-hybridized carbons (Fsp3) is 0.100. The van der Waals surface area contributed by atoms with Crippen LogP contribution in [-0.2, 0) is 0 Å². The van der Waals surface area contributed by atoms with Crippen LogP contribution in [-0.4, -0.2) is 16.2 Å². The fourth-order valence-electron chi connectivity index (χ4n) is 2.80. The largest absolute Gasteiger partial charge is 0.494 e. The lowest BCUT2D eigenvalue weighted by molar-refractivity contribution is 0.340. The van der Waals surface area contributed by atoms with Crippen molar-refractivity contribution in [1.29, 1.82) is 0 Å². The van der Waals surface area contributed by atoms with E-state index >= 15 is 0 Å². The predicted molar refractivity (Wildman–Crippen MR) is 96.2 cm³/mol. The number of ether oxygens (including phenoxy) is 1. The lowest BCUT2D eigenvalue weighted by atomic mass is 10.2. The van der Waals surface area contributed by atoms with Crippen molar-refractivity contribution in [1.82, 2.24) is 9.55 Å². The molecule has 2 aromatic heterocycles. The fourth-order valence-corrected chi connectivity index (χ4v) is 2.80. The summed E-state index contributed by atoms with van der Waals surface area (Å²) in [6.45, 7) is 2.52. The number of benzene rings is 2. The third kappa shape index (κ3) is 2.70. The number of aromatic nitrogens is 2. The molecule has 2 aromatic carbocycles. The predicted octanol–water partition coefficient (Wildman–Crippen LogP) is 4.04. The lowest BCUT2D eigenvalue weighted by Gasteiger charge is -2.13. The molecule has 0 saturated carbocycles. The molecule has 25 heavy (non-hydrogen) atoms. The first-order valence-electron chi connectivity index (χ1n) is 8.07. The third-order valence-corrected chi connectivity index (χ3v) is 3.92. The highest BCUT2D eigenvalue weighted by Crippen LogP contribution is 2.23. The maximum Gasteiger partial charge on any atom is 0.266 e. The first-order chi connectivity index (χ1) is 12.3. The van der Waals surface area contributed by atoms with Gasteiger partial charge in [-0.2, -0.15) is 0 Å². The monoisotopic (exact) mass is 332 g/mol. The van der Waals surface area contributed by atoms with E-state index in [1.54, 1.807) is 29.0 Å². The molecular formula is C20H16N2O3. The van der Waals surface area contributed by atoms with Gasteiger partial charge in [-0.15, -0.1) is 0 Å². The quantitative estimate of drug-likeness (QED) is 0.566. The van der Waals surface area contributed by atoms with Gasteiger partial charge in [0.2, 0.25) is 0 Å². The smallest absolute Gasteiger partial charge is 0.266 e. The number of fused-ring (bicyclic) bond motifs is 1. The van der Waals surface area contributed by atoms with E-state index < -0.39 is 0 Å². The van der Waals surface area contributed by atoms with E-state index in [0.717, 1.165) is 5.75 Å². The molecule has 5 heteroatoms. The zero-order valence-corrected chi connectivity index (χ0v) is 13.7. The Morgan fingerprint density at radius 2 is 1.84 bits per heavy atom. The van der Waals surface area contributed by atoms with Crippen LogP contribution in [0.3, 0.4) is 0 Å². The highest BCUT2D eigenvalue weighted by atomic mass is 16.5. The van der Waals surface area contributed by atoms with Crippen molar-refractivity contribution in [3.05, 3.63) is 77.3 Å². The van der Waals surface area contributed by atoms with Gasteiger partial charge in [-0.1, -0.05) is 12.1 Å². The molecule has 0 spiro atoms. The molecule has 0 aliphatic carbocycles. The minimum absolute atomic E-state index is 0.138. The van der Waals surface area contributed by atoms with Gasteiger partial charge in [-0.25, -0.2) is 4.98 Å². The SMILES string of the molecule is CCOc1ccc(-n2c(-c3ccco3)nc3ccccc3c2=O)cc1. The molecule has 0 N–H and O–H groups in total. The Labute approximate surface area is 144 Å². The van der Waals surface area contributed by atoms with Crippen LogP contribution in [0.4, 0.5) is 0 Å². The van der Waals surface area contributed by atoms with E-state index in [1.807, 2.05) is 49.4 Å². The molecule has 124 valence electrons. The minimum Gasteiger partial charge on any atom is -0.494 e. The molecule has 5 nitrogen and oxygen atoms in total. The van der Waals surface area contributed by atoms with E-state index in [4.69, 9.17) is 9.15 Å². The van der Waals surface area contributed by atoms with Crippen LogP contribution in [0.15, 0.2) is 76.1 Å². The Balaban J connectivity index is 1.99. The lowest BCUT2D eigenvalue weighted by Crippen LogP contribution is -2.21. The van der Waals surface area contributed by atoms with Crippen LogP contribution < -0.4 is 10.3 Å². The average Bonchev–Trinajstić information content (AvgIpc) is 3.17. The van der Waals surface area contributed by atoms with Crippen molar-refractivity contribution in [3.63, 3.8) is 0 Å². The number of hydrogen-bond donors (Lipinski definition) is 0. The molecule has 2 heterocycles. The summed E-state index contributed by atoms with van der Waals surface area (Å²) in [7, 11) is 0. The second-order valence-corrected chi connectivity index (χ2v) is 5.50.